The number of hydrogen-bond donors (Lipinski definition) is 2. The summed E-state index contributed by atoms with van der Waals surface area (Å²) in [5, 5.41) is 17.0. The lowest BCUT2D eigenvalue weighted by Gasteiger charge is -2.27. The molecular weight excluding hydrogens is 556 g/mol. The molecule has 0 bridgehead atoms. The van der Waals surface area contributed by atoms with E-state index in [1.165, 1.54) is 0 Å². The predicted octanol–water partition coefficient (Wildman–Crippen LogP) is 4.55. The molecule has 0 saturated carbocycles. The second kappa shape index (κ2) is 12.5. The first-order valence-electron chi connectivity index (χ1n) is 13.7. The summed E-state index contributed by atoms with van der Waals surface area (Å²) in [7, 11) is 0. The van der Waals surface area contributed by atoms with E-state index in [4.69, 9.17) is 21.1 Å². The molecule has 1 aliphatic rings. The molecule has 5 aromatic rings. The van der Waals surface area contributed by atoms with Gasteiger partial charge in [0.25, 0.3) is 0 Å². The molecule has 0 spiro atoms. The van der Waals surface area contributed by atoms with Gasteiger partial charge in [0.2, 0.25) is 11.9 Å². The van der Waals surface area contributed by atoms with Crippen molar-refractivity contribution >= 4 is 45.8 Å². The second-order valence-corrected chi connectivity index (χ2v) is 10.4. The third kappa shape index (κ3) is 6.50. The van der Waals surface area contributed by atoms with Crippen LogP contribution < -0.4 is 20.3 Å². The van der Waals surface area contributed by atoms with E-state index < -0.39 is 0 Å². The summed E-state index contributed by atoms with van der Waals surface area (Å²) in [4.78, 5) is 20.3. The van der Waals surface area contributed by atoms with Crippen LogP contribution in [0.15, 0.2) is 54.9 Å². The molecule has 0 amide bonds. The number of morpholine rings is 1. The lowest BCUT2D eigenvalue weighted by Crippen LogP contribution is -2.37. The van der Waals surface area contributed by atoms with E-state index in [0.29, 0.717) is 62.0 Å². The van der Waals surface area contributed by atoms with E-state index in [2.05, 4.69) is 45.8 Å². The maximum atomic E-state index is 6.11. The van der Waals surface area contributed by atoms with Gasteiger partial charge in [0.05, 0.1) is 31.5 Å². The van der Waals surface area contributed by atoms with Gasteiger partial charge < -0.3 is 25.0 Å². The molecule has 0 unspecified atom stereocenters. The largest absolute Gasteiger partial charge is 0.457 e. The average Bonchev–Trinajstić information content (AvgIpc) is 3.46. The van der Waals surface area contributed by atoms with E-state index in [9.17, 15) is 0 Å². The Kier molecular flexibility index (Phi) is 8.24. The maximum absolute atomic E-state index is 6.11. The first-order chi connectivity index (χ1) is 20.5. The molecule has 12 nitrogen and oxygen atoms in total. The highest BCUT2D eigenvalue weighted by atomic mass is 35.5. The van der Waals surface area contributed by atoms with Gasteiger partial charge in [0.1, 0.15) is 12.3 Å². The Bertz CT molecular complexity index is 1670. The minimum atomic E-state index is 0.165. The van der Waals surface area contributed by atoms with Crippen molar-refractivity contribution in [2.45, 2.75) is 27.0 Å². The number of fused-ring (bicyclic) bond motifs is 1. The molecule has 1 aliphatic heterocycles. The first kappa shape index (κ1) is 27.6. The van der Waals surface area contributed by atoms with Crippen molar-refractivity contribution in [3.05, 3.63) is 76.7 Å². The number of aryl methyl sites for hydroxylation is 2. The standard InChI is InChI=1S/C29H31ClN10O2/c1-19-4-3-5-20(2)26(19)33-27-34-28(39-12-14-41-15-13-39)36-29(35-27)42-18-22-17-40(38-37-22)11-10-32-24-8-9-31-25-16-21(30)6-7-23(24)25/h3-9,16-17H,10-15,18H2,1-2H3,(H,31,32)(H,33,34,35,36). The van der Waals surface area contributed by atoms with Gasteiger partial charge in [-0.3, -0.25) is 9.67 Å². The Labute approximate surface area is 248 Å². The molecule has 0 atom stereocenters. The van der Waals surface area contributed by atoms with E-state index in [0.717, 1.165) is 33.4 Å². The number of rotatable bonds is 10. The summed E-state index contributed by atoms with van der Waals surface area (Å²) < 4.78 is 13.3. The summed E-state index contributed by atoms with van der Waals surface area (Å²) in [6.07, 6.45) is 3.62. The number of anilines is 4. The average molecular weight is 587 g/mol. The number of aromatic nitrogens is 7. The smallest absolute Gasteiger partial charge is 0.323 e. The number of para-hydroxylation sites is 1. The summed E-state index contributed by atoms with van der Waals surface area (Å²) in [5.41, 5.74) is 5.64. The van der Waals surface area contributed by atoms with Crippen LogP contribution in [-0.4, -0.2) is 67.8 Å². The maximum Gasteiger partial charge on any atom is 0.323 e. The van der Waals surface area contributed by atoms with Crippen LogP contribution in [0.2, 0.25) is 5.02 Å². The molecular formula is C29H31ClN10O2. The van der Waals surface area contributed by atoms with Gasteiger partial charge in [-0.2, -0.15) is 15.0 Å². The molecule has 42 heavy (non-hydrogen) atoms. The Morgan fingerprint density at radius 1 is 1.02 bits per heavy atom. The molecule has 216 valence electrons. The van der Waals surface area contributed by atoms with E-state index in [1.54, 1.807) is 10.9 Å². The molecule has 4 heterocycles. The zero-order valence-corrected chi connectivity index (χ0v) is 24.2. The summed E-state index contributed by atoms with van der Waals surface area (Å²) >= 11 is 6.11. The fourth-order valence-corrected chi connectivity index (χ4v) is 4.89. The van der Waals surface area contributed by atoms with Crippen LogP contribution in [0.3, 0.4) is 0 Å². The van der Waals surface area contributed by atoms with Gasteiger partial charge in [-0.05, 0) is 49.2 Å². The van der Waals surface area contributed by atoms with Gasteiger partial charge in [-0.1, -0.05) is 35.0 Å². The fourth-order valence-electron chi connectivity index (χ4n) is 4.73. The monoisotopic (exact) mass is 586 g/mol. The van der Waals surface area contributed by atoms with Crippen LogP contribution in [0.25, 0.3) is 10.9 Å². The number of nitrogens with zero attached hydrogens (tertiary/aromatic N) is 8. The number of pyridine rings is 1. The van der Waals surface area contributed by atoms with Crippen molar-refractivity contribution in [3.8, 4) is 6.01 Å². The SMILES string of the molecule is Cc1cccc(C)c1Nc1nc(OCc2cn(CCNc3ccnc4cc(Cl)ccc34)nn2)nc(N2CCOCC2)n1. The number of halogens is 1. The van der Waals surface area contributed by atoms with Crippen molar-refractivity contribution in [1.82, 2.24) is 34.9 Å². The number of hydrogen-bond acceptors (Lipinski definition) is 11. The van der Waals surface area contributed by atoms with Crippen LogP contribution in [0.1, 0.15) is 16.8 Å². The van der Waals surface area contributed by atoms with Crippen LogP contribution >= 0.6 is 11.6 Å². The van der Waals surface area contributed by atoms with E-state index in [-0.39, 0.29) is 12.6 Å². The topological polar surface area (TPSA) is 128 Å². The van der Waals surface area contributed by atoms with Gasteiger partial charge in [0, 0.05) is 47.6 Å². The van der Waals surface area contributed by atoms with Crippen LogP contribution in [-0.2, 0) is 17.9 Å². The minimum absolute atomic E-state index is 0.165. The molecule has 1 fully saturated rings. The Hall–Kier alpha value is -4.55. The summed E-state index contributed by atoms with van der Waals surface area (Å²) in [6.45, 7) is 8.14. The number of benzene rings is 2. The Morgan fingerprint density at radius 3 is 2.69 bits per heavy atom. The van der Waals surface area contributed by atoms with Crippen LogP contribution in [0.5, 0.6) is 6.01 Å². The predicted molar refractivity (Wildman–Crippen MR) is 162 cm³/mol. The van der Waals surface area contributed by atoms with Gasteiger partial charge in [-0.25, -0.2) is 0 Å². The van der Waals surface area contributed by atoms with Crippen molar-refractivity contribution in [2.24, 2.45) is 0 Å². The Morgan fingerprint density at radius 2 is 1.86 bits per heavy atom. The second-order valence-electron chi connectivity index (χ2n) is 9.94. The molecule has 2 N–H and O–H groups in total. The molecule has 0 aliphatic carbocycles. The summed E-state index contributed by atoms with van der Waals surface area (Å²) in [5.74, 6) is 0.956. The van der Waals surface area contributed by atoms with Crippen LogP contribution in [0.4, 0.5) is 23.3 Å². The lowest BCUT2D eigenvalue weighted by molar-refractivity contribution is 0.122. The van der Waals surface area contributed by atoms with Gasteiger partial charge in [0.15, 0.2) is 0 Å². The van der Waals surface area contributed by atoms with Crippen molar-refractivity contribution in [2.75, 3.05) is 48.4 Å². The molecule has 0 radical (unpaired) electrons. The van der Waals surface area contributed by atoms with Gasteiger partial charge in [-0.15, -0.1) is 5.10 Å². The molecule has 6 rings (SSSR count). The molecule has 2 aromatic carbocycles. The summed E-state index contributed by atoms with van der Waals surface area (Å²) in [6, 6.07) is 14.0. The highest BCUT2D eigenvalue weighted by Crippen LogP contribution is 2.26. The van der Waals surface area contributed by atoms with Gasteiger partial charge >= 0.3 is 6.01 Å². The third-order valence-corrected chi connectivity index (χ3v) is 7.15. The van der Waals surface area contributed by atoms with Crippen molar-refractivity contribution in [3.63, 3.8) is 0 Å². The first-order valence-corrected chi connectivity index (χ1v) is 14.1. The molecule has 1 saturated heterocycles. The fraction of sp³-hybridized carbons (Fsp3) is 0.310. The van der Waals surface area contributed by atoms with Crippen molar-refractivity contribution in [1.29, 1.82) is 0 Å². The highest BCUT2D eigenvalue weighted by molar-refractivity contribution is 6.31. The normalized spacial score (nSPS) is 13.4. The third-order valence-electron chi connectivity index (χ3n) is 6.91. The minimum Gasteiger partial charge on any atom is -0.457 e. The molecule has 3 aromatic heterocycles. The van der Waals surface area contributed by atoms with Crippen molar-refractivity contribution < 1.29 is 9.47 Å². The quantitative estimate of drug-likeness (QED) is 0.239. The number of ether oxygens (including phenoxy) is 2. The van der Waals surface area contributed by atoms with E-state index >= 15 is 0 Å². The lowest BCUT2D eigenvalue weighted by atomic mass is 10.1. The highest BCUT2D eigenvalue weighted by Gasteiger charge is 2.18. The van der Waals surface area contributed by atoms with E-state index in [1.807, 2.05) is 62.5 Å². The zero-order valence-electron chi connectivity index (χ0n) is 23.4. The molecule has 13 heteroatoms. The number of nitrogens with one attached hydrogen (secondary N) is 2. The Balaban J connectivity index is 1.11. The van der Waals surface area contributed by atoms with Crippen LogP contribution in [0, 0.1) is 13.8 Å². The zero-order chi connectivity index (χ0) is 28.9.